The van der Waals surface area contributed by atoms with Gasteiger partial charge in [-0.25, -0.2) is 0 Å². The normalized spacial score (nSPS) is 13.8. The highest BCUT2D eigenvalue weighted by molar-refractivity contribution is 5.94. The molecule has 3 N–H and O–H groups in total. The number of aromatic nitrogens is 4. The fourth-order valence-corrected chi connectivity index (χ4v) is 1.93. The lowest BCUT2D eigenvalue weighted by molar-refractivity contribution is 0.0923. The van der Waals surface area contributed by atoms with Crippen LogP contribution in [0.5, 0.6) is 0 Å². The lowest BCUT2D eigenvalue weighted by Crippen LogP contribution is -2.34. The van der Waals surface area contributed by atoms with Gasteiger partial charge in [-0.15, -0.1) is 10.2 Å². The second-order valence-corrected chi connectivity index (χ2v) is 4.77. The van der Waals surface area contributed by atoms with Gasteiger partial charge < -0.3 is 10.4 Å². The van der Waals surface area contributed by atoms with Crippen LogP contribution in [0.15, 0.2) is 24.3 Å². The van der Waals surface area contributed by atoms with E-state index >= 15 is 0 Å². The first kappa shape index (κ1) is 14.1. The number of amides is 1. The number of aromatic amines is 1. The zero-order valence-corrected chi connectivity index (χ0v) is 11.4. The Labute approximate surface area is 116 Å². The molecule has 7 nitrogen and oxygen atoms in total. The Morgan fingerprint density at radius 1 is 1.35 bits per heavy atom. The molecule has 0 aliphatic carbocycles. The monoisotopic (exact) mass is 275 g/mol. The van der Waals surface area contributed by atoms with E-state index in [9.17, 15) is 9.90 Å². The fourth-order valence-electron chi connectivity index (χ4n) is 1.93. The minimum atomic E-state index is -0.439. The number of aliphatic hydroxyl groups is 1. The van der Waals surface area contributed by atoms with E-state index in [1.807, 2.05) is 6.92 Å². The number of nitrogens with zero attached hydrogens (tertiary/aromatic N) is 3. The highest BCUT2D eigenvalue weighted by Crippen LogP contribution is 2.14. The number of nitrogens with one attached hydrogen (secondary N) is 2. The van der Waals surface area contributed by atoms with Gasteiger partial charge in [-0.2, -0.15) is 5.21 Å². The molecule has 0 saturated carbocycles. The van der Waals surface area contributed by atoms with Crippen molar-refractivity contribution in [2.75, 3.05) is 0 Å². The third-order valence-corrected chi connectivity index (χ3v) is 2.82. The predicted molar refractivity (Wildman–Crippen MR) is 72.8 cm³/mol. The van der Waals surface area contributed by atoms with E-state index < -0.39 is 6.10 Å². The van der Waals surface area contributed by atoms with Gasteiger partial charge in [-0.3, -0.25) is 4.79 Å². The van der Waals surface area contributed by atoms with Gasteiger partial charge in [-0.1, -0.05) is 12.1 Å². The summed E-state index contributed by atoms with van der Waals surface area (Å²) in [5, 5.41) is 25.7. The van der Waals surface area contributed by atoms with Crippen LogP contribution in [-0.4, -0.2) is 43.8 Å². The molecule has 0 aliphatic rings. The number of carbonyl (C=O) groups excluding carboxylic acids is 1. The van der Waals surface area contributed by atoms with Gasteiger partial charge in [0.05, 0.1) is 6.10 Å². The highest BCUT2D eigenvalue weighted by Gasteiger charge is 2.12. The molecule has 20 heavy (non-hydrogen) atoms. The summed E-state index contributed by atoms with van der Waals surface area (Å²) in [4.78, 5) is 12.0. The number of benzene rings is 1. The molecule has 1 amide bonds. The van der Waals surface area contributed by atoms with Crippen molar-refractivity contribution in [3.8, 4) is 11.4 Å². The van der Waals surface area contributed by atoms with Crippen LogP contribution in [0.25, 0.3) is 11.4 Å². The molecule has 1 aromatic carbocycles. The molecule has 0 bridgehead atoms. The van der Waals surface area contributed by atoms with Crippen LogP contribution in [0.3, 0.4) is 0 Å². The molecule has 0 aliphatic heterocycles. The Morgan fingerprint density at radius 3 is 2.60 bits per heavy atom. The Hall–Kier alpha value is -2.28. The molecule has 106 valence electrons. The Kier molecular flexibility index (Phi) is 4.41. The summed E-state index contributed by atoms with van der Waals surface area (Å²) in [6.45, 7) is 3.56. The Balaban J connectivity index is 2.01. The molecule has 1 heterocycles. The fraction of sp³-hybridized carbons (Fsp3) is 0.385. The minimum absolute atomic E-state index is 0.0839. The third kappa shape index (κ3) is 3.61. The molecule has 0 spiro atoms. The van der Waals surface area contributed by atoms with Crippen molar-refractivity contribution in [3.05, 3.63) is 29.8 Å². The predicted octanol–water partition coefficient (Wildman–Crippen LogP) is 0.756. The second-order valence-electron chi connectivity index (χ2n) is 4.77. The van der Waals surface area contributed by atoms with E-state index in [2.05, 4.69) is 25.9 Å². The van der Waals surface area contributed by atoms with Crippen LogP contribution >= 0.6 is 0 Å². The second kappa shape index (κ2) is 6.25. The summed E-state index contributed by atoms with van der Waals surface area (Å²) < 4.78 is 0. The number of aliphatic hydroxyl groups excluding tert-OH is 1. The maximum Gasteiger partial charge on any atom is 0.251 e. The van der Waals surface area contributed by atoms with Crippen LogP contribution in [0.1, 0.15) is 30.6 Å². The SMILES string of the molecule is CC(O)CC(C)NC(=O)c1ccc(-c2nn[nH]n2)cc1. The highest BCUT2D eigenvalue weighted by atomic mass is 16.3. The molecule has 0 fully saturated rings. The maximum absolute atomic E-state index is 12.0. The molecule has 1 aromatic heterocycles. The average Bonchev–Trinajstić information content (AvgIpc) is 2.91. The first-order valence-electron chi connectivity index (χ1n) is 6.39. The van der Waals surface area contributed by atoms with Gasteiger partial charge >= 0.3 is 0 Å². The molecule has 0 radical (unpaired) electrons. The van der Waals surface area contributed by atoms with Crippen molar-refractivity contribution in [2.24, 2.45) is 0 Å². The number of hydrogen-bond acceptors (Lipinski definition) is 5. The van der Waals surface area contributed by atoms with E-state index in [1.165, 1.54) is 0 Å². The Bertz CT molecular complexity index is 551. The summed E-state index contributed by atoms with van der Waals surface area (Å²) in [5.74, 6) is 0.317. The first-order chi connectivity index (χ1) is 9.56. The third-order valence-electron chi connectivity index (χ3n) is 2.82. The Morgan fingerprint density at radius 2 is 2.05 bits per heavy atom. The molecular weight excluding hydrogens is 258 g/mol. The van der Waals surface area contributed by atoms with Crippen LogP contribution in [-0.2, 0) is 0 Å². The summed E-state index contributed by atoms with van der Waals surface area (Å²) in [7, 11) is 0. The maximum atomic E-state index is 12.0. The number of tetrazole rings is 1. The number of rotatable bonds is 5. The van der Waals surface area contributed by atoms with Crippen molar-refractivity contribution in [3.63, 3.8) is 0 Å². The zero-order valence-electron chi connectivity index (χ0n) is 11.4. The molecular formula is C13H17N5O2. The average molecular weight is 275 g/mol. The molecule has 2 rings (SSSR count). The van der Waals surface area contributed by atoms with E-state index in [-0.39, 0.29) is 11.9 Å². The lowest BCUT2D eigenvalue weighted by atomic mass is 10.1. The molecule has 2 atom stereocenters. The van der Waals surface area contributed by atoms with Gasteiger partial charge in [0.1, 0.15) is 0 Å². The van der Waals surface area contributed by atoms with Crippen molar-refractivity contribution in [1.29, 1.82) is 0 Å². The molecule has 2 unspecified atom stereocenters. The standard InChI is InChI=1S/C13H17N5O2/c1-8(7-9(2)19)14-13(20)11-5-3-10(4-6-11)12-15-17-18-16-12/h3-6,8-9,19H,7H2,1-2H3,(H,14,20)(H,15,16,17,18). The van der Waals surface area contributed by atoms with Crippen molar-refractivity contribution < 1.29 is 9.90 Å². The van der Waals surface area contributed by atoms with E-state index in [1.54, 1.807) is 31.2 Å². The van der Waals surface area contributed by atoms with Gasteiger partial charge in [0.2, 0.25) is 5.82 Å². The molecule has 0 saturated heterocycles. The van der Waals surface area contributed by atoms with Gasteiger partial charge in [0, 0.05) is 17.2 Å². The van der Waals surface area contributed by atoms with Crippen molar-refractivity contribution in [1.82, 2.24) is 25.9 Å². The largest absolute Gasteiger partial charge is 0.393 e. The van der Waals surface area contributed by atoms with Crippen molar-refractivity contribution >= 4 is 5.91 Å². The number of hydrogen-bond donors (Lipinski definition) is 3. The molecule has 7 heteroatoms. The lowest BCUT2D eigenvalue weighted by Gasteiger charge is -2.15. The quantitative estimate of drug-likeness (QED) is 0.747. The molecule has 2 aromatic rings. The van der Waals surface area contributed by atoms with E-state index in [0.29, 0.717) is 17.8 Å². The van der Waals surface area contributed by atoms with E-state index in [4.69, 9.17) is 0 Å². The zero-order chi connectivity index (χ0) is 14.5. The minimum Gasteiger partial charge on any atom is -0.393 e. The summed E-state index contributed by atoms with van der Waals surface area (Å²) >= 11 is 0. The summed E-state index contributed by atoms with van der Waals surface area (Å²) in [5.41, 5.74) is 1.34. The topological polar surface area (TPSA) is 104 Å². The van der Waals surface area contributed by atoms with E-state index in [0.717, 1.165) is 5.56 Å². The van der Waals surface area contributed by atoms with Crippen molar-refractivity contribution in [2.45, 2.75) is 32.4 Å². The first-order valence-corrected chi connectivity index (χ1v) is 6.39. The summed E-state index contributed by atoms with van der Waals surface area (Å²) in [6.07, 6.45) is 0.0816. The van der Waals surface area contributed by atoms with Crippen LogP contribution < -0.4 is 5.32 Å². The number of carbonyl (C=O) groups is 1. The van der Waals surface area contributed by atoms with Gasteiger partial charge in [0.25, 0.3) is 5.91 Å². The van der Waals surface area contributed by atoms with Crippen LogP contribution in [0.2, 0.25) is 0 Å². The number of H-pyrrole nitrogens is 1. The van der Waals surface area contributed by atoms with Crippen LogP contribution in [0.4, 0.5) is 0 Å². The van der Waals surface area contributed by atoms with Gasteiger partial charge in [-0.05, 0) is 37.6 Å². The van der Waals surface area contributed by atoms with Gasteiger partial charge in [0.15, 0.2) is 0 Å². The van der Waals surface area contributed by atoms with Crippen LogP contribution in [0, 0.1) is 0 Å². The smallest absolute Gasteiger partial charge is 0.251 e. The summed E-state index contributed by atoms with van der Waals surface area (Å²) in [6, 6.07) is 6.85.